The Morgan fingerprint density at radius 1 is 1.78 bits per heavy atom. The fraction of sp³-hybridized carbons (Fsp3) is 1.00. The van der Waals surface area contributed by atoms with Crippen LogP contribution in [-0.4, -0.2) is 9.92 Å². The van der Waals surface area contributed by atoms with Gasteiger partial charge in [0.1, 0.15) is 0 Å². The van der Waals surface area contributed by atoms with Crippen LogP contribution in [0.3, 0.4) is 0 Å². The molecule has 0 aromatic rings. The molecule has 0 aromatic carbocycles. The minimum atomic E-state index is -1.26. The van der Waals surface area contributed by atoms with Gasteiger partial charge < -0.3 is 0 Å². The molecular weight excluding hydrogens is 142 g/mol. The number of nitro groups is 1. The van der Waals surface area contributed by atoms with Crippen LogP contribution in [0.5, 0.6) is 0 Å². The molecule has 1 atom stereocenters. The van der Waals surface area contributed by atoms with E-state index in [4.69, 9.17) is 11.6 Å². The Balaban J connectivity index is 3.85. The van der Waals surface area contributed by atoms with E-state index in [0.29, 0.717) is 6.42 Å². The van der Waals surface area contributed by atoms with Gasteiger partial charge in [-0.15, -0.1) is 0 Å². The minimum absolute atomic E-state index is 0.418. The molecule has 9 heavy (non-hydrogen) atoms. The fourth-order valence-corrected chi connectivity index (χ4v) is 0.737. The summed E-state index contributed by atoms with van der Waals surface area (Å²) in [5.74, 6) is 0. The Hall–Kier alpha value is -0.310. The molecule has 54 valence electrons. The molecule has 0 aliphatic heterocycles. The van der Waals surface area contributed by atoms with Crippen molar-refractivity contribution in [1.82, 2.24) is 0 Å². The van der Waals surface area contributed by atoms with Gasteiger partial charge in [-0.25, -0.2) is 0 Å². The highest BCUT2D eigenvalue weighted by Crippen LogP contribution is 2.20. The Labute approximate surface area is 59.2 Å². The molecular formula is C5H10ClNO2. The van der Waals surface area contributed by atoms with E-state index >= 15 is 0 Å². The van der Waals surface area contributed by atoms with E-state index in [9.17, 15) is 10.1 Å². The van der Waals surface area contributed by atoms with Crippen LogP contribution < -0.4 is 0 Å². The van der Waals surface area contributed by atoms with Gasteiger partial charge in [0.2, 0.25) is 0 Å². The molecule has 0 heterocycles. The van der Waals surface area contributed by atoms with Crippen LogP contribution in [0.4, 0.5) is 0 Å². The Bertz CT molecular complexity index is 114. The van der Waals surface area contributed by atoms with Crippen LogP contribution in [0.15, 0.2) is 0 Å². The summed E-state index contributed by atoms with van der Waals surface area (Å²) >= 11 is 5.47. The highest BCUT2D eigenvalue weighted by atomic mass is 35.5. The average Bonchev–Trinajstić information content (AvgIpc) is 1.65. The molecule has 0 amide bonds. The molecule has 1 unspecified atom stereocenters. The third kappa shape index (κ3) is 2.65. The van der Waals surface area contributed by atoms with E-state index in [-0.39, 0.29) is 0 Å². The lowest BCUT2D eigenvalue weighted by Gasteiger charge is -2.10. The molecule has 0 aromatic heterocycles. The number of hydrogen-bond acceptors (Lipinski definition) is 2. The summed E-state index contributed by atoms with van der Waals surface area (Å²) in [7, 11) is 0. The van der Waals surface area contributed by atoms with Gasteiger partial charge in [-0.3, -0.25) is 10.1 Å². The molecule has 0 fully saturated rings. The third-order valence-corrected chi connectivity index (χ3v) is 1.41. The van der Waals surface area contributed by atoms with Gasteiger partial charge in [-0.1, -0.05) is 6.92 Å². The van der Waals surface area contributed by atoms with Crippen LogP contribution in [-0.2, 0) is 0 Å². The number of nitrogens with zero attached hydrogens (tertiary/aromatic N) is 1. The first kappa shape index (κ1) is 8.69. The van der Waals surface area contributed by atoms with Crippen molar-refractivity contribution < 1.29 is 4.92 Å². The van der Waals surface area contributed by atoms with Gasteiger partial charge in [0.25, 0.3) is 5.00 Å². The lowest BCUT2D eigenvalue weighted by Crippen LogP contribution is -2.27. The molecule has 0 aliphatic rings. The molecule has 0 bridgehead atoms. The van der Waals surface area contributed by atoms with Crippen molar-refractivity contribution in [1.29, 1.82) is 0 Å². The highest BCUT2D eigenvalue weighted by molar-refractivity contribution is 6.22. The maximum Gasteiger partial charge on any atom is 0.292 e. The second-order valence-electron chi connectivity index (χ2n) is 2.15. The summed E-state index contributed by atoms with van der Waals surface area (Å²) in [6.45, 7) is 3.28. The van der Waals surface area contributed by atoms with Crippen molar-refractivity contribution in [3.05, 3.63) is 10.1 Å². The van der Waals surface area contributed by atoms with E-state index in [1.165, 1.54) is 6.92 Å². The lowest BCUT2D eigenvalue weighted by molar-refractivity contribution is -0.538. The van der Waals surface area contributed by atoms with Gasteiger partial charge in [-0.2, -0.15) is 0 Å². The zero-order valence-electron chi connectivity index (χ0n) is 5.56. The molecule has 4 heteroatoms. The van der Waals surface area contributed by atoms with Crippen molar-refractivity contribution in [2.45, 2.75) is 31.7 Å². The molecule has 0 radical (unpaired) electrons. The summed E-state index contributed by atoms with van der Waals surface area (Å²) in [6, 6.07) is 0. The van der Waals surface area contributed by atoms with Crippen LogP contribution in [0.2, 0.25) is 0 Å². The summed E-state index contributed by atoms with van der Waals surface area (Å²) in [5, 5.41) is 10.1. The number of alkyl halides is 1. The average molecular weight is 152 g/mol. The summed E-state index contributed by atoms with van der Waals surface area (Å²) in [5.41, 5.74) is 0. The van der Waals surface area contributed by atoms with Crippen LogP contribution in [0.1, 0.15) is 26.7 Å². The predicted octanol–water partition coefficient (Wildman–Crippen LogP) is 2.02. The van der Waals surface area contributed by atoms with Gasteiger partial charge in [0, 0.05) is 18.3 Å². The quantitative estimate of drug-likeness (QED) is 0.268. The maximum absolute atomic E-state index is 10.1. The zero-order valence-corrected chi connectivity index (χ0v) is 6.31. The molecule has 0 rings (SSSR count). The first-order valence-electron chi connectivity index (χ1n) is 2.84. The molecule has 0 saturated carbocycles. The standard InChI is InChI=1S/C5H10ClNO2/c1-3-4-5(2,6)7(8)9/h3-4H2,1-2H3. The minimum Gasteiger partial charge on any atom is -0.263 e. The zero-order chi connectivity index (χ0) is 7.49. The van der Waals surface area contributed by atoms with Gasteiger partial charge in [0.05, 0.1) is 0 Å². The SMILES string of the molecule is CCCC(C)(Cl)[N+](=O)[O-]. The smallest absolute Gasteiger partial charge is 0.263 e. The van der Waals surface area contributed by atoms with E-state index in [0.717, 1.165) is 6.42 Å². The lowest BCUT2D eigenvalue weighted by atomic mass is 10.2. The van der Waals surface area contributed by atoms with Gasteiger partial charge >= 0.3 is 0 Å². The topological polar surface area (TPSA) is 43.1 Å². The second-order valence-corrected chi connectivity index (χ2v) is 2.96. The summed E-state index contributed by atoms with van der Waals surface area (Å²) < 4.78 is 0. The summed E-state index contributed by atoms with van der Waals surface area (Å²) in [4.78, 5) is 8.37. The van der Waals surface area contributed by atoms with Crippen LogP contribution in [0, 0.1) is 10.1 Å². The molecule has 0 spiro atoms. The van der Waals surface area contributed by atoms with E-state index in [2.05, 4.69) is 0 Å². The molecule has 0 saturated heterocycles. The number of hydrogen-bond donors (Lipinski definition) is 0. The molecule has 0 N–H and O–H groups in total. The van der Waals surface area contributed by atoms with Crippen molar-refractivity contribution in [3.8, 4) is 0 Å². The first-order chi connectivity index (χ1) is 4.00. The fourth-order valence-electron chi connectivity index (χ4n) is 0.548. The Morgan fingerprint density at radius 3 is 2.33 bits per heavy atom. The predicted molar refractivity (Wildman–Crippen MR) is 36.2 cm³/mol. The van der Waals surface area contributed by atoms with Crippen LogP contribution in [0.25, 0.3) is 0 Å². The Morgan fingerprint density at radius 2 is 2.22 bits per heavy atom. The number of rotatable bonds is 3. The monoisotopic (exact) mass is 151 g/mol. The van der Waals surface area contributed by atoms with Crippen molar-refractivity contribution in [2.75, 3.05) is 0 Å². The second kappa shape index (κ2) is 3.01. The molecule has 3 nitrogen and oxygen atoms in total. The van der Waals surface area contributed by atoms with Crippen molar-refractivity contribution in [2.24, 2.45) is 0 Å². The molecule has 0 aliphatic carbocycles. The van der Waals surface area contributed by atoms with E-state index in [1.54, 1.807) is 0 Å². The van der Waals surface area contributed by atoms with Crippen LogP contribution >= 0.6 is 11.6 Å². The Kier molecular flexibility index (Phi) is 2.91. The number of halogens is 1. The third-order valence-electron chi connectivity index (χ3n) is 1.09. The largest absolute Gasteiger partial charge is 0.292 e. The van der Waals surface area contributed by atoms with Crippen molar-refractivity contribution >= 4 is 11.6 Å². The van der Waals surface area contributed by atoms with Crippen molar-refractivity contribution in [3.63, 3.8) is 0 Å². The first-order valence-corrected chi connectivity index (χ1v) is 3.22. The summed E-state index contributed by atoms with van der Waals surface area (Å²) in [6.07, 6.45) is 1.16. The highest BCUT2D eigenvalue weighted by Gasteiger charge is 2.32. The normalized spacial score (nSPS) is 16.8. The van der Waals surface area contributed by atoms with E-state index in [1.807, 2.05) is 6.92 Å². The maximum atomic E-state index is 10.1. The van der Waals surface area contributed by atoms with E-state index < -0.39 is 9.92 Å². The van der Waals surface area contributed by atoms with Gasteiger partial charge in [0.15, 0.2) is 0 Å². The van der Waals surface area contributed by atoms with Gasteiger partial charge in [-0.05, 0) is 18.0 Å².